The van der Waals surface area contributed by atoms with E-state index in [2.05, 4.69) is 22.3 Å². The summed E-state index contributed by atoms with van der Waals surface area (Å²) < 4.78 is 0. The highest BCUT2D eigenvalue weighted by atomic mass is 16.2. The number of benzene rings is 1. The predicted molar refractivity (Wildman–Crippen MR) is 105 cm³/mol. The molecule has 1 N–H and O–H groups in total. The Hall–Kier alpha value is -2.04. The number of hydrogen-bond donors (Lipinski definition) is 1. The number of carbonyl (C=O) groups excluding carboxylic acids is 2. The van der Waals surface area contributed by atoms with Crippen LogP contribution in [0, 0.1) is 0 Å². The summed E-state index contributed by atoms with van der Waals surface area (Å²) in [7, 11) is 0. The van der Waals surface area contributed by atoms with Crippen molar-refractivity contribution < 1.29 is 9.59 Å². The molecular weight excluding hydrogens is 326 g/mol. The molecule has 2 heterocycles. The fourth-order valence-electron chi connectivity index (χ4n) is 3.84. The lowest BCUT2D eigenvalue weighted by Crippen LogP contribution is -2.39. The summed E-state index contributed by atoms with van der Waals surface area (Å²) >= 11 is 0. The molecule has 3 rings (SSSR count). The van der Waals surface area contributed by atoms with Gasteiger partial charge in [0.15, 0.2) is 0 Å². The largest absolute Gasteiger partial charge is 0.372 e. The van der Waals surface area contributed by atoms with Crippen molar-refractivity contribution in [1.82, 2.24) is 4.90 Å². The minimum Gasteiger partial charge on any atom is -0.372 e. The lowest BCUT2D eigenvalue weighted by Gasteiger charge is -2.24. The molecule has 0 aromatic heterocycles. The van der Waals surface area contributed by atoms with E-state index in [1.807, 2.05) is 12.1 Å². The molecule has 2 saturated heterocycles. The lowest BCUT2D eigenvalue weighted by molar-refractivity contribution is -0.135. The maximum atomic E-state index is 12.3. The zero-order valence-electron chi connectivity index (χ0n) is 15.7. The predicted octanol–water partition coefficient (Wildman–Crippen LogP) is 3.80. The highest BCUT2D eigenvalue weighted by molar-refractivity contribution is 5.94. The topological polar surface area (TPSA) is 52.7 Å². The van der Waals surface area contributed by atoms with E-state index in [1.54, 1.807) is 4.90 Å². The second-order valence-electron chi connectivity index (χ2n) is 7.48. The van der Waals surface area contributed by atoms with Gasteiger partial charge in [-0.1, -0.05) is 25.7 Å². The summed E-state index contributed by atoms with van der Waals surface area (Å²) in [5, 5.41) is 2.94. The maximum absolute atomic E-state index is 12.3. The van der Waals surface area contributed by atoms with Gasteiger partial charge in [0.2, 0.25) is 11.8 Å². The van der Waals surface area contributed by atoms with Gasteiger partial charge in [-0.15, -0.1) is 0 Å². The van der Waals surface area contributed by atoms with E-state index in [0.29, 0.717) is 13.0 Å². The summed E-state index contributed by atoms with van der Waals surface area (Å²) in [5.41, 5.74) is 2.02. The fraction of sp³-hybridized carbons (Fsp3) is 0.619. The van der Waals surface area contributed by atoms with Gasteiger partial charge in [-0.05, 0) is 49.9 Å². The first-order valence-electron chi connectivity index (χ1n) is 10.1. The monoisotopic (exact) mass is 357 g/mol. The highest BCUT2D eigenvalue weighted by Crippen LogP contribution is 2.21. The highest BCUT2D eigenvalue weighted by Gasteiger charge is 2.18. The van der Waals surface area contributed by atoms with Crippen LogP contribution in [0.3, 0.4) is 0 Å². The van der Waals surface area contributed by atoms with Crippen LogP contribution >= 0.6 is 0 Å². The molecule has 0 spiro atoms. The molecule has 1 aromatic rings. The molecule has 0 bridgehead atoms. The molecule has 0 unspecified atom stereocenters. The Kier molecular flexibility index (Phi) is 6.92. The van der Waals surface area contributed by atoms with E-state index in [-0.39, 0.29) is 18.4 Å². The average Bonchev–Trinajstić information content (AvgIpc) is 2.92. The number of rotatable bonds is 4. The zero-order chi connectivity index (χ0) is 18.2. The number of amides is 2. The van der Waals surface area contributed by atoms with Crippen molar-refractivity contribution in [2.45, 2.75) is 57.8 Å². The number of hydrogen-bond acceptors (Lipinski definition) is 3. The Balaban J connectivity index is 1.52. The summed E-state index contributed by atoms with van der Waals surface area (Å²) in [4.78, 5) is 28.6. The summed E-state index contributed by atoms with van der Waals surface area (Å²) in [6.07, 6.45) is 9.90. The lowest BCUT2D eigenvalue weighted by atomic mass is 10.1. The van der Waals surface area contributed by atoms with Crippen LogP contribution in [0.1, 0.15) is 57.8 Å². The Morgan fingerprint density at radius 2 is 1.46 bits per heavy atom. The first-order chi connectivity index (χ1) is 12.7. The quantitative estimate of drug-likeness (QED) is 0.892. The number of carbonyl (C=O) groups is 2. The first kappa shape index (κ1) is 18.7. The zero-order valence-corrected chi connectivity index (χ0v) is 15.7. The second kappa shape index (κ2) is 9.60. The van der Waals surface area contributed by atoms with Crippen molar-refractivity contribution in [2.75, 3.05) is 36.4 Å². The van der Waals surface area contributed by atoms with Crippen LogP contribution < -0.4 is 10.2 Å². The Bertz CT molecular complexity index is 592. The second-order valence-corrected chi connectivity index (χ2v) is 7.48. The van der Waals surface area contributed by atoms with Gasteiger partial charge < -0.3 is 15.1 Å². The molecule has 2 aliphatic heterocycles. The molecule has 0 atom stereocenters. The molecule has 5 heteroatoms. The molecule has 2 amide bonds. The van der Waals surface area contributed by atoms with Gasteiger partial charge >= 0.3 is 0 Å². The van der Waals surface area contributed by atoms with Crippen molar-refractivity contribution >= 4 is 23.2 Å². The molecular formula is C21H31N3O2. The van der Waals surface area contributed by atoms with Gasteiger partial charge in [-0.25, -0.2) is 0 Å². The van der Waals surface area contributed by atoms with Crippen LogP contribution in [0.4, 0.5) is 11.4 Å². The molecule has 2 aliphatic rings. The third kappa shape index (κ3) is 5.48. The van der Waals surface area contributed by atoms with E-state index < -0.39 is 0 Å². The molecule has 0 radical (unpaired) electrons. The number of likely N-dealkylation sites (tertiary alicyclic amines) is 1. The van der Waals surface area contributed by atoms with E-state index >= 15 is 0 Å². The molecule has 1 aromatic carbocycles. The smallest absolute Gasteiger partial charge is 0.243 e. The Labute approximate surface area is 156 Å². The SMILES string of the molecule is O=C(CN1CCCCCCC1=O)Nc1ccc(N2CCCCCC2)cc1. The van der Waals surface area contributed by atoms with Gasteiger partial charge in [-0.3, -0.25) is 9.59 Å². The van der Waals surface area contributed by atoms with Crippen molar-refractivity contribution in [3.63, 3.8) is 0 Å². The van der Waals surface area contributed by atoms with Gasteiger partial charge in [0.05, 0.1) is 6.54 Å². The van der Waals surface area contributed by atoms with Crippen molar-refractivity contribution in [2.24, 2.45) is 0 Å². The minimum absolute atomic E-state index is 0.108. The van der Waals surface area contributed by atoms with Crippen molar-refractivity contribution in [3.8, 4) is 0 Å². The van der Waals surface area contributed by atoms with Crippen LogP contribution in [0.25, 0.3) is 0 Å². The van der Waals surface area contributed by atoms with E-state index in [1.165, 1.54) is 31.4 Å². The molecule has 5 nitrogen and oxygen atoms in total. The number of nitrogens with zero attached hydrogens (tertiary/aromatic N) is 2. The minimum atomic E-state index is -0.110. The average molecular weight is 357 g/mol. The van der Waals surface area contributed by atoms with Gasteiger partial charge in [0.25, 0.3) is 0 Å². The molecule has 142 valence electrons. The molecule has 2 fully saturated rings. The van der Waals surface area contributed by atoms with Crippen LogP contribution in [-0.4, -0.2) is 42.9 Å². The van der Waals surface area contributed by atoms with Gasteiger partial charge in [-0.2, -0.15) is 0 Å². The Morgan fingerprint density at radius 3 is 2.15 bits per heavy atom. The molecule has 0 saturated carbocycles. The van der Waals surface area contributed by atoms with Crippen LogP contribution in [-0.2, 0) is 9.59 Å². The molecule has 26 heavy (non-hydrogen) atoms. The fourth-order valence-corrected chi connectivity index (χ4v) is 3.84. The van der Waals surface area contributed by atoms with Gasteiger partial charge in [0, 0.05) is 37.4 Å². The van der Waals surface area contributed by atoms with Crippen LogP contribution in [0.2, 0.25) is 0 Å². The summed E-state index contributed by atoms with van der Waals surface area (Å²) in [6, 6.07) is 8.10. The van der Waals surface area contributed by atoms with E-state index in [9.17, 15) is 9.59 Å². The summed E-state index contributed by atoms with van der Waals surface area (Å²) in [6.45, 7) is 3.08. The van der Waals surface area contributed by atoms with Crippen molar-refractivity contribution in [1.29, 1.82) is 0 Å². The Morgan fingerprint density at radius 1 is 0.846 bits per heavy atom. The standard InChI is InChI=1S/C21H31N3O2/c25-20(17-24-16-8-2-1-5-9-21(24)26)22-18-10-12-19(13-11-18)23-14-6-3-4-7-15-23/h10-13H,1-9,14-17H2,(H,22,25). The van der Waals surface area contributed by atoms with Gasteiger partial charge in [0.1, 0.15) is 0 Å². The van der Waals surface area contributed by atoms with Crippen molar-refractivity contribution in [3.05, 3.63) is 24.3 Å². The third-order valence-electron chi connectivity index (χ3n) is 5.38. The first-order valence-corrected chi connectivity index (χ1v) is 10.1. The third-order valence-corrected chi connectivity index (χ3v) is 5.38. The van der Waals surface area contributed by atoms with Crippen LogP contribution in [0.5, 0.6) is 0 Å². The summed E-state index contributed by atoms with van der Waals surface area (Å²) in [5.74, 6) is -0.00203. The number of nitrogens with one attached hydrogen (secondary N) is 1. The van der Waals surface area contributed by atoms with Crippen LogP contribution in [0.15, 0.2) is 24.3 Å². The van der Waals surface area contributed by atoms with E-state index in [0.717, 1.165) is 44.5 Å². The molecule has 0 aliphatic carbocycles. The maximum Gasteiger partial charge on any atom is 0.243 e. The van der Waals surface area contributed by atoms with E-state index in [4.69, 9.17) is 0 Å². The number of anilines is 2. The normalized spacial score (nSPS) is 19.5.